The molecular formula is C16H18O3. The highest BCUT2D eigenvalue weighted by atomic mass is 16.5. The van der Waals surface area contributed by atoms with Crippen LogP contribution in [-0.4, -0.2) is 19.3 Å². The van der Waals surface area contributed by atoms with Gasteiger partial charge in [0, 0.05) is 6.07 Å². The highest BCUT2D eigenvalue weighted by Gasteiger charge is 1.91. The molecule has 0 bridgehead atoms. The van der Waals surface area contributed by atoms with Crippen molar-refractivity contribution in [2.24, 2.45) is 0 Å². The first-order chi connectivity index (χ1) is 9.19. The average molecular weight is 258 g/mol. The van der Waals surface area contributed by atoms with E-state index in [9.17, 15) is 0 Å². The quantitative estimate of drug-likeness (QED) is 0.911. The second-order valence-corrected chi connectivity index (χ2v) is 3.68. The Labute approximate surface area is 113 Å². The molecule has 1 N–H and O–H groups in total. The smallest absolute Gasteiger partial charge is 0.122 e. The molecule has 2 rings (SSSR count). The SMILES string of the molecule is C=Cc1ccc(O)cc1.COc1cccc(OC)c1. The van der Waals surface area contributed by atoms with Gasteiger partial charge >= 0.3 is 0 Å². The lowest BCUT2D eigenvalue weighted by Gasteiger charge is -2.01. The zero-order chi connectivity index (χ0) is 14.1. The van der Waals surface area contributed by atoms with Crippen molar-refractivity contribution in [1.82, 2.24) is 0 Å². The van der Waals surface area contributed by atoms with Gasteiger partial charge in [0.15, 0.2) is 0 Å². The summed E-state index contributed by atoms with van der Waals surface area (Å²) in [5, 5.41) is 8.82. The molecule has 19 heavy (non-hydrogen) atoms. The summed E-state index contributed by atoms with van der Waals surface area (Å²) < 4.78 is 9.95. The molecule has 0 spiro atoms. The van der Waals surface area contributed by atoms with Crippen LogP contribution in [0.15, 0.2) is 55.1 Å². The van der Waals surface area contributed by atoms with Crippen LogP contribution in [0.5, 0.6) is 17.2 Å². The van der Waals surface area contributed by atoms with Gasteiger partial charge in [0.05, 0.1) is 14.2 Å². The number of hydrogen-bond acceptors (Lipinski definition) is 3. The Hall–Kier alpha value is -2.42. The van der Waals surface area contributed by atoms with E-state index < -0.39 is 0 Å². The molecule has 3 heteroatoms. The lowest BCUT2D eigenvalue weighted by atomic mass is 10.2. The van der Waals surface area contributed by atoms with Gasteiger partial charge in [-0.15, -0.1) is 0 Å². The van der Waals surface area contributed by atoms with Crippen LogP contribution in [0.2, 0.25) is 0 Å². The first kappa shape index (κ1) is 14.6. The van der Waals surface area contributed by atoms with Crippen molar-refractivity contribution >= 4 is 6.08 Å². The van der Waals surface area contributed by atoms with E-state index in [2.05, 4.69) is 6.58 Å². The maximum absolute atomic E-state index is 8.82. The van der Waals surface area contributed by atoms with E-state index in [1.54, 1.807) is 32.4 Å². The lowest BCUT2D eigenvalue weighted by Crippen LogP contribution is -1.84. The first-order valence-electron chi connectivity index (χ1n) is 5.79. The fourth-order valence-electron chi connectivity index (χ4n) is 1.34. The van der Waals surface area contributed by atoms with Crippen LogP contribution >= 0.6 is 0 Å². The Kier molecular flexibility index (Phi) is 6.03. The number of phenolic OH excluding ortho intramolecular Hbond substituents is 1. The largest absolute Gasteiger partial charge is 0.508 e. The Bertz CT molecular complexity index is 484. The fraction of sp³-hybridized carbons (Fsp3) is 0.125. The molecular weight excluding hydrogens is 240 g/mol. The van der Waals surface area contributed by atoms with Crippen LogP contribution in [0.25, 0.3) is 6.08 Å². The molecule has 0 amide bonds. The summed E-state index contributed by atoms with van der Waals surface area (Å²) in [4.78, 5) is 0. The van der Waals surface area contributed by atoms with Gasteiger partial charge in [0.1, 0.15) is 17.2 Å². The molecule has 0 heterocycles. The first-order valence-corrected chi connectivity index (χ1v) is 5.79. The van der Waals surface area contributed by atoms with E-state index in [4.69, 9.17) is 14.6 Å². The number of aromatic hydroxyl groups is 1. The van der Waals surface area contributed by atoms with Gasteiger partial charge in [-0.1, -0.05) is 30.9 Å². The highest BCUT2D eigenvalue weighted by molar-refractivity contribution is 5.47. The van der Waals surface area contributed by atoms with Crippen LogP contribution in [0, 0.1) is 0 Å². The summed E-state index contributed by atoms with van der Waals surface area (Å²) in [5.41, 5.74) is 1.02. The van der Waals surface area contributed by atoms with Gasteiger partial charge in [-0.2, -0.15) is 0 Å². The topological polar surface area (TPSA) is 38.7 Å². The second kappa shape index (κ2) is 7.82. The molecule has 0 saturated heterocycles. The molecule has 2 aromatic rings. The minimum Gasteiger partial charge on any atom is -0.508 e. The van der Waals surface area contributed by atoms with E-state index in [1.165, 1.54) is 0 Å². The van der Waals surface area contributed by atoms with Crippen LogP contribution in [0.4, 0.5) is 0 Å². The Morgan fingerprint density at radius 1 is 0.947 bits per heavy atom. The van der Waals surface area contributed by atoms with Crippen molar-refractivity contribution in [2.75, 3.05) is 14.2 Å². The number of benzene rings is 2. The second-order valence-electron chi connectivity index (χ2n) is 3.68. The van der Waals surface area contributed by atoms with E-state index >= 15 is 0 Å². The van der Waals surface area contributed by atoms with E-state index in [0.29, 0.717) is 5.75 Å². The molecule has 0 atom stereocenters. The molecule has 0 unspecified atom stereocenters. The van der Waals surface area contributed by atoms with Crippen molar-refractivity contribution in [3.05, 3.63) is 60.7 Å². The van der Waals surface area contributed by atoms with Gasteiger partial charge in [0.25, 0.3) is 0 Å². The predicted molar refractivity (Wildman–Crippen MR) is 77.7 cm³/mol. The van der Waals surface area contributed by atoms with Crippen LogP contribution in [-0.2, 0) is 0 Å². The van der Waals surface area contributed by atoms with Crippen molar-refractivity contribution in [2.45, 2.75) is 0 Å². The van der Waals surface area contributed by atoms with Crippen molar-refractivity contribution in [1.29, 1.82) is 0 Å². The highest BCUT2D eigenvalue weighted by Crippen LogP contribution is 2.17. The third kappa shape index (κ3) is 5.17. The van der Waals surface area contributed by atoms with Gasteiger partial charge < -0.3 is 14.6 Å². The number of phenols is 1. The predicted octanol–water partition coefficient (Wildman–Crippen LogP) is 3.74. The molecule has 0 radical (unpaired) electrons. The lowest BCUT2D eigenvalue weighted by molar-refractivity contribution is 0.394. The van der Waals surface area contributed by atoms with Crippen molar-refractivity contribution < 1.29 is 14.6 Å². The zero-order valence-corrected chi connectivity index (χ0v) is 11.2. The summed E-state index contributed by atoms with van der Waals surface area (Å²) in [7, 11) is 3.27. The number of hydrogen-bond donors (Lipinski definition) is 1. The molecule has 0 fully saturated rings. The van der Waals surface area contributed by atoms with Crippen LogP contribution < -0.4 is 9.47 Å². The van der Waals surface area contributed by atoms with Crippen molar-refractivity contribution in [3.8, 4) is 17.2 Å². The average Bonchev–Trinajstić information content (AvgIpc) is 2.48. The van der Waals surface area contributed by atoms with Crippen molar-refractivity contribution in [3.63, 3.8) is 0 Å². The third-order valence-electron chi connectivity index (χ3n) is 2.41. The molecule has 2 aromatic carbocycles. The maximum Gasteiger partial charge on any atom is 0.122 e. The third-order valence-corrected chi connectivity index (χ3v) is 2.41. The molecule has 3 nitrogen and oxygen atoms in total. The fourth-order valence-corrected chi connectivity index (χ4v) is 1.34. The zero-order valence-electron chi connectivity index (χ0n) is 11.2. The summed E-state index contributed by atoms with van der Waals surface area (Å²) in [6.07, 6.45) is 1.74. The van der Waals surface area contributed by atoms with Gasteiger partial charge in [-0.05, 0) is 29.8 Å². The molecule has 0 aliphatic carbocycles. The van der Waals surface area contributed by atoms with E-state index in [0.717, 1.165) is 17.1 Å². The van der Waals surface area contributed by atoms with Gasteiger partial charge in [0.2, 0.25) is 0 Å². The molecule has 0 aliphatic heterocycles. The van der Waals surface area contributed by atoms with Crippen LogP contribution in [0.1, 0.15) is 5.56 Å². The standard InChI is InChI=1S/C8H10O2.C8H8O/c1-9-7-4-3-5-8(6-7)10-2;1-2-7-3-5-8(9)6-4-7/h3-6H,1-2H3;2-6,9H,1H2. The minimum absolute atomic E-state index is 0.292. The van der Waals surface area contributed by atoms with Crippen LogP contribution in [0.3, 0.4) is 0 Å². The maximum atomic E-state index is 8.82. The van der Waals surface area contributed by atoms with Gasteiger partial charge in [-0.25, -0.2) is 0 Å². The summed E-state index contributed by atoms with van der Waals surface area (Å²) in [6, 6.07) is 14.4. The summed E-state index contributed by atoms with van der Waals surface area (Å²) in [6.45, 7) is 3.58. The normalized spacial score (nSPS) is 8.95. The molecule has 0 saturated carbocycles. The monoisotopic (exact) mass is 258 g/mol. The molecule has 100 valence electrons. The summed E-state index contributed by atoms with van der Waals surface area (Å²) in [5.74, 6) is 1.93. The Morgan fingerprint density at radius 2 is 1.47 bits per heavy atom. The number of rotatable bonds is 3. The Balaban J connectivity index is 0.000000191. The molecule has 0 aromatic heterocycles. The minimum atomic E-state index is 0.292. The molecule has 0 aliphatic rings. The number of ether oxygens (including phenoxy) is 2. The van der Waals surface area contributed by atoms with Gasteiger partial charge in [-0.3, -0.25) is 0 Å². The number of methoxy groups -OCH3 is 2. The van der Waals surface area contributed by atoms with E-state index in [1.807, 2.05) is 36.4 Å². The summed E-state index contributed by atoms with van der Waals surface area (Å²) >= 11 is 0. The Morgan fingerprint density at radius 3 is 1.89 bits per heavy atom. The van der Waals surface area contributed by atoms with E-state index in [-0.39, 0.29) is 0 Å².